The van der Waals surface area contributed by atoms with Crippen molar-refractivity contribution in [1.82, 2.24) is 10.3 Å². The molecule has 1 aliphatic rings. The fourth-order valence-corrected chi connectivity index (χ4v) is 3.85. The summed E-state index contributed by atoms with van der Waals surface area (Å²) in [7, 11) is 0. The zero-order chi connectivity index (χ0) is 16.4. The minimum Gasteiger partial charge on any atom is -0.349 e. The molecule has 0 aliphatic heterocycles. The molecule has 1 aromatic heterocycles. The van der Waals surface area contributed by atoms with Crippen molar-refractivity contribution in [2.45, 2.75) is 32.6 Å². The fourth-order valence-electron chi connectivity index (χ4n) is 2.75. The normalized spacial score (nSPS) is 17.6. The third-order valence-corrected chi connectivity index (χ3v) is 5.03. The summed E-state index contributed by atoms with van der Waals surface area (Å²) in [6.45, 7) is 2.02. The summed E-state index contributed by atoms with van der Waals surface area (Å²) < 4.78 is 1.07. The van der Waals surface area contributed by atoms with Crippen LogP contribution in [0.25, 0.3) is 10.2 Å². The Morgan fingerprint density at radius 1 is 1.39 bits per heavy atom. The standard InChI is InChI=1S/C17H18N2O3S/c1-10-2-5-14-15(6-10)23-16(19-14)8-13(21)9-18-17(22)11-3-4-12(20)7-11/h2,5-6,11H,3-4,7-9H2,1H3,(H,18,22)/t11-/m0/s1. The number of Topliss-reactive ketones (excluding diaryl/α,β-unsaturated/α-hetero) is 2. The van der Waals surface area contributed by atoms with E-state index in [4.69, 9.17) is 0 Å². The largest absolute Gasteiger partial charge is 0.349 e. The Kier molecular flexibility index (Phi) is 4.52. The summed E-state index contributed by atoms with van der Waals surface area (Å²) in [6.07, 6.45) is 1.59. The van der Waals surface area contributed by atoms with E-state index in [0.29, 0.717) is 19.3 Å². The average molecular weight is 330 g/mol. The maximum absolute atomic E-state index is 12.0. The van der Waals surface area contributed by atoms with Gasteiger partial charge in [-0.05, 0) is 31.0 Å². The van der Waals surface area contributed by atoms with E-state index in [9.17, 15) is 14.4 Å². The van der Waals surface area contributed by atoms with Gasteiger partial charge in [0.1, 0.15) is 10.8 Å². The smallest absolute Gasteiger partial charge is 0.223 e. The summed E-state index contributed by atoms with van der Waals surface area (Å²) >= 11 is 1.51. The van der Waals surface area contributed by atoms with Crippen LogP contribution in [0.3, 0.4) is 0 Å². The van der Waals surface area contributed by atoms with Crippen molar-refractivity contribution in [3.63, 3.8) is 0 Å². The van der Waals surface area contributed by atoms with E-state index in [1.54, 1.807) is 0 Å². The minimum absolute atomic E-state index is 0.00151. The molecular formula is C17H18N2O3S. The molecule has 23 heavy (non-hydrogen) atoms. The number of nitrogens with zero attached hydrogens (tertiary/aromatic N) is 1. The molecule has 0 unspecified atom stereocenters. The van der Waals surface area contributed by atoms with Gasteiger partial charge < -0.3 is 5.32 Å². The molecule has 3 rings (SSSR count). The van der Waals surface area contributed by atoms with Gasteiger partial charge in [-0.25, -0.2) is 4.98 Å². The number of hydrogen-bond donors (Lipinski definition) is 1. The highest BCUT2D eigenvalue weighted by molar-refractivity contribution is 7.18. The van der Waals surface area contributed by atoms with Gasteiger partial charge in [0.05, 0.1) is 23.2 Å². The molecule has 1 aromatic carbocycles. The Hall–Kier alpha value is -2.08. The molecule has 0 saturated heterocycles. The van der Waals surface area contributed by atoms with Crippen LogP contribution in [-0.4, -0.2) is 29.0 Å². The SMILES string of the molecule is Cc1ccc2nc(CC(=O)CNC(=O)[C@H]3CCC(=O)C3)sc2c1. The van der Waals surface area contributed by atoms with Crippen molar-refractivity contribution < 1.29 is 14.4 Å². The van der Waals surface area contributed by atoms with E-state index in [1.165, 1.54) is 11.3 Å². The van der Waals surface area contributed by atoms with Crippen molar-refractivity contribution in [1.29, 1.82) is 0 Å². The van der Waals surface area contributed by atoms with E-state index < -0.39 is 0 Å². The third kappa shape index (κ3) is 3.82. The molecule has 1 fully saturated rings. The van der Waals surface area contributed by atoms with E-state index >= 15 is 0 Å². The van der Waals surface area contributed by atoms with E-state index in [2.05, 4.69) is 16.4 Å². The summed E-state index contributed by atoms with van der Waals surface area (Å²) in [5.74, 6) is -0.399. The van der Waals surface area contributed by atoms with E-state index in [1.807, 2.05) is 19.1 Å². The number of carbonyl (C=O) groups is 3. The van der Waals surface area contributed by atoms with Crippen LogP contribution in [-0.2, 0) is 20.8 Å². The number of aryl methyl sites for hydroxylation is 1. The zero-order valence-corrected chi connectivity index (χ0v) is 13.7. The van der Waals surface area contributed by atoms with Gasteiger partial charge in [-0.15, -0.1) is 11.3 Å². The molecule has 0 radical (unpaired) electrons. The second-order valence-electron chi connectivity index (χ2n) is 5.99. The van der Waals surface area contributed by atoms with Crippen LogP contribution in [0.15, 0.2) is 18.2 Å². The lowest BCUT2D eigenvalue weighted by atomic mass is 10.1. The average Bonchev–Trinajstić information content (AvgIpc) is 3.10. The van der Waals surface area contributed by atoms with Gasteiger partial charge in [0.15, 0.2) is 5.78 Å². The Morgan fingerprint density at radius 2 is 2.22 bits per heavy atom. The maximum atomic E-state index is 12.0. The van der Waals surface area contributed by atoms with Crippen LogP contribution in [0.5, 0.6) is 0 Å². The Morgan fingerprint density at radius 3 is 2.96 bits per heavy atom. The van der Waals surface area contributed by atoms with Crippen LogP contribution in [0.1, 0.15) is 29.8 Å². The number of nitrogens with one attached hydrogen (secondary N) is 1. The number of thiazole rings is 1. The number of rotatable bonds is 5. The quantitative estimate of drug-likeness (QED) is 0.912. The van der Waals surface area contributed by atoms with Crippen LogP contribution in [0.4, 0.5) is 0 Å². The minimum atomic E-state index is -0.263. The van der Waals surface area contributed by atoms with E-state index in [0.717, 1.165) is 20.8 Å². The van der Waals surface area contributed by atoms with Gasteiger partial charge in [-0.3, -0.25) is 14.4 Å². The molecule has 2 aromatic rings. The molecule has 120 valence electrons. The summed E-state index contributed by atoms with van der Waals surface area (Å²) in [4.78, 5) is 39.6. The number of hydrogen-bond acceptors (Lipinski definition) is 5. The van der Waals surface area contributed by atoms with Gasteiger partial charge >= 0.3 is 0 Å². The van der Waals surface area contributed by atoms with Crippen molar-refractivity contribution >= 4 is 39.0 Å². The first-order valence-electron chi connectivity index (χ1n) is 7.68. The van der Waals surface area contributed by atoms with Crippen molar-refractivity contribution in [3.8, 4) is 0 Å². The highest BCUT2D eigenvalue weighted by atomic mass is 32.1. The summed E-state index contributed by atoms with van der Waals surface area (Å²) in [5.41, 5.74) is 2.06. The van der Waals surface area contributed by atoms with Gasteiger partial charge in [0.2, 0.25) is 5.91 Å². The summed E-state index contributed by atoms with van der Waals surface area (Å²) in [6, 6.07) is 6.00. The van der Waals surface area contributed by atoms with Gasteiger partial charge in [0, 0.05) is 18.8 Å². The zero-order valence-electron chi connectivity index (χ0n) is 12.9. The molecule has 0 bridgehead atoms. The monoisotopic (exact) mass is 330 g/mol. The molecule has 1 heterocycles. The molecule has 1 aliphatic carbocycles. The highest BCUT2D eigenvalue weighted by Gasteiger charge is 2.28. The molecule has 1 atom stereocenters. The first kappa shape index (κ1) is 15.8. The molecule has 0 spiro atoms. The lowest BCUT2D eigenvalue weighted by Gasteiger charge is -2.08. The Labute approximate surface area is 138 Å². The number of benzene rings is 1. The highest BCUT2D eigenvalue weighted by Crippen LogP contribution is 2.24. The van der Waals surface area contributed by atoms with Crippen molar-refractivity contribution in [3.05, 3.63) is 28.8 Å². The lowest BCUT2D eigenvalue weighted by molar-refractivity contribution is -0.128. The van der Waals surface area contributed by atoms with E-state index in [-0.39, 0.29) is 36.4 Å². The molecule has 6 heteroatoms. The fraction of sp³-hybridized carbons (Fsp3) is 0.412. The van der Waals surface area contributed by atoms with Crippen molar-refractivity contribution in [2.75, 3.05) is 6.54 Å². The third-order valence-electron chi connectivity index (χ3n) is 4.01. The Bertz CT molecular complexity index is 781. The first-order valence-corrected chi connectivity index (χ1v) is 8.50. The second-order valence-corrected chi connectivity index (χ2v) is 7.11. The molecule has 1 amide bonds. The molecule has 5 nitrogen and oxygen atoms in total. The molecular weight excluding hydrogens is 312 g/mol. The van der Waals surface area contributed by atoms with Crippen molar-refractivity contribution in [2.24, 2.45) is 5.92 Å². The van der Waals surface area contributed by atoms with Crippen LogP contribution < -0.4 is 5.32 Å². The molecule has 1 saturated carbocycles. The number of fused-ring (bicyclic) bond motifs is 1. The van der Waals surface area contributed by atoms with Gasteiger partial charge in [-0.2, -0.15) is 0 Å². The number of amides is 1. The Balaban J connectivity index is 1.54. The van der Waals surface area contributed by atoms with Gasteiger partial charge in [0.25, 0.3) is 0 Å². The number of aromatic nitrogens is 1. The predicted molar refractivity (Wildman–Crippen MR) is 88.4 cm³/mol. The topological polar surface area (TPSA) is 76.1 Å². The molecule has 1 N–H and O–H groups in total. The summed E-state index contributed by atoms with van der Waals surface area (Å²) in [5, 5.41) is 3.41. The second kappa shape index (κ2) is 6.58. The number of ketones is 2. The lowest BCUT2D eigenvalue weighted by Crippen LogP contribution is -2.34. The van der Waals surface area contributed by atoms with Crippen LogP contribution in [0.2, 0.25) is 0 Å². The first-order chi connectivity index (χ1) is 11.0. The number of carbonyl (C=O) groups excluding carboxylic acids is 3. The maximum Gasteiger partial charge on any atom is 0.223 e. The van der Waals surface area contributed by atoms with Crippen LogP contribution in [0, 0.1) is 12.8 Å². The van der Waals surface area contributed by atoms with Gasteiger partial charge in [-0.1, -0.05) is 6.07 Å². The van der Waals surface area contributed by atoms with Crippen LogP contribution >= 0.6 is 11.3 Å². The predicted octanol–water partition coefficient (Wildman–Crippen LogP) is 2.20.